The lowest BCUT2D eigenvalue weighted by Gasteiger charge is -2.37. The molecule has 1 aliphatic rings. The first-order valence-electron chi connectivity index (χ1n) is 8.04. The van der Waals surface area contributed by atoms with Gasteiger partial charge in [-0.25, -0.2) is 0 Å². The van der Waals surface area contributed by atoms with E-state index in [1.54, 1.807) is 11.3 Å². The van der Waals surface area contributed by atoms with Crippen molar-refractivity contribution in [2.45, 2.75) is 25.5 Å². The Morgan fingerprint density at radius 2 is 2.04 bits per heavy atom. The van der Waals surface area contributed by atoms with Gasteiger partial charge in [0.2, 0.25) is 0 Å². The quantitative estimate of drug-likeness (QED) is 0.662. The summed E-state index contributed by atoms with van der Waals surface area (Å²) in [4.78, 5) is 9.08. The van der Waals surface area contributed by atoms with Crippen molar-refractivity contribution in [1.29, 1.82) is 0 Å². The van der Waals surface area contributed by atoms with Crippen LogP contribution in [0, 0.1) is 0 Å². The van der Waals surface area contributed by atoms with E-state index in [9.17, 15) is 4.21 Å². The second kappa shape index (κ2) is 8.15. The molecule has 1 aliphatic heterocycles. The summed E-state index contributed by atoms with van der Waals surface area (Å²) in [7, 11) is 0.985. The molecular weight excluding hydrogens is 328 g/mol. The summed E-state index contributed by atoms with van der Waals surface area (Å²) in [6, 6.07) is 4.28. The van der Waals surface area contributed by atoms with Crippen molar-refractivity contribution >= 4 is 33.1 Å². The average Bonchev–Trinajstić information content (AvgIpc) is 3.05. The highest BCUT2D eigenvalue weighted by atomic mass is 32.2. The van der Waals surface area contributed by atoms with Crippen LogP contribution in [0.25, 0.3) is 0 Å². The molecule has 2 heterocycles. The molecule has 0 saturated carbocycles. The molecule has 1 aromatic heterocycles. The van der Waals surface area contributed by atoms with E-state index in [0.717, 1.165) is 32.1 Å². The smallest absolute Gasteiger partial charge is 0.193 e. The number of rotatable bonds is 4. The standard InChI is InChI=1S/C16H28N4OS2/c1-16(2,3)23(21)13-7-18-15(17-4)20-10-8-19(9-11-20)14-6-5-12-22-14/h5-6,12H,7-11,13H2,1-4H3,(H,17,18). The summed E-state index contributed by atoms with van der Waals surface area (Å²) in [5, 5.41) is 6.82. The largest absolute Gasteiger partial charge is 0.360 e. The van der Waals surface area contributed by atoms with Crippen molar-refractivity contribution < 1.29 is 4.21 Å². The molecule has 0 bridgehead atoms. The maximum absolute atomic E-state index is 12.1. The van der Waals surface area contributed by atoms with Crippen LogP contribution in [-0.2, 0) is 10.8 Å². The van der Waals surface area contributed by atoms with Crippen LogP contribution in [0.1, 0.15) is 20.8 Å². The number of hydrogen-bond acceptors (Lipinski definition) is 4. The number of nitrogens with one attached hydrogen (secondary N) is 1. The van der Waals surface area contributed by atoms with E-state index in [2.05, 4.69) is 37.6 Å². The zero-order chi connectivity index (χ0) is 16.9. The third-order valence-corrected chi connectivity index (χ3v) is 6.73. The van der Waals surface area contributed by atoms with Gasteiger partial charge in [-0.2, -0.15) is 0 Å². The fraction of sp³-hybridized carbons (Fsp3) is 0.688. The summed E-state index contributed by atoms with van der Waals surface area (Å²) in [6.45, 7) is 10.7. The molecule has 2 rings (SSSR count). The summed E-state index contributed by atoms with van der Waals surface area (Å²) in [5.74, 6) is 1.57. The lowest BCUT2D eigenvalue weighted by atomic mass is 10.3. The molecule has 1 aromatic rings. The van der Waals surface area contributed by atoms with Crippen LogP contribution in [0.15, 0.2) is 22.5 Å². The van der Waals surface area contributed by atoms with Crippen molar-refractivity contribution in [2.24, 2.45) is 4.99 Å². The molecule has 1 unspecified atom stereocenters. The van der Waals surface area contributed by atoms with Gasteiger partial charge in [0.15, 0.2) is 5.96 Å². The van der Waals surface area contributed by atoms with E-state index in [4.69, 9.17) is 0 Å². The van der Waals surface area contributed by atoms with Crippen molar-refractivity contribution in [2.75, 3.05) is 50.4 Å². The topological polar surface area (TPSA) is 47.9 Å². The molecular formula is C16H28N4OS2. The van der Waals surface area contributed by atoms with Crippen molar-refractivity contribution in [3.8, 4) is 0 Å². The summed E-state index contributed by atoms with van der Waals surface area (Å²) < 4.78 is 11.9. The molecule has 0 aliphatic carbocycles. The van der Waals surface area contributed by atoms with Crippen molar-refractivity contribution in [3.05, 3.63) is 17.5 Å². The van der Waals surface area contributed by atoms with Crippen LogP contribution in [0.3, 0.4) is 0 Å². The summed E-state index contributed by atoms with van der Waals surface area (Å²) >= 11 is 1.79. The minimum absolute atomic E-state index is 0.155. The van der Waals surface area contributed by atoms with E-state index < -0.39 is 10.8 Å². The SMILES string of the molecule is CN=C(NCCS(=O)C(C)(C)C)N1CCN(c2cccs2)CC1. The lowest BCUT2D eigenvalue weighted by molar-refractivity contribution is 0.374. The first-order chi connectivity index (χ1) is 10.9. The average molecular weight is 357 g/mol. The molecule has 0 amide bonds. The van der Waals surface area contributed by atoms with Gasteiger partial charge in [-0.1, -0.05) is 0 Å². The van der Waals surface area contributed by atoms with Crippen LogP contribution in [0.2, 0.25) is 0 Å². The minimum Gasteiger partial charge on any atom is -0.360 e. The molecule has 1 saturated heterocycles. The number of anilines is 1. The van der Waals surface area contributed by atoms with E-state index in [1.165, 1.54) is 5.00 Å². The van der Waals surface area contributed by atoms with Crippen LogP contribution in [0.4, 0.5) is 5.00 Å². The Labute approximate surface area is 146 Å². The van der Waals surface area contributed by atoms with Gasteiger partial charge in [0.05, 0.1) is 5.00 Å². The lowest BCUT2D eigenvalue weighted by Crippen LogP contribution is -2.53. The normalized spacial score (nSPS) is 18.2. The monoisotopic (exact) mass is 356 g/mol. The van der Waals surface area contributed by atoms with Gasteiger partial charge >= 0.3 is 0 Å². The van der Waals surface area contributed by atoms with Gasteiger partial charge in [0.25, 0.3) is 0 Å². The molecule has 0 aromatic carbocycles. The highest BCUT2D eigenvalue weighted by Gasteiger charge is 2.21. The first-order valence-corrected chi connectivity index (χ1v) is 10.2. The van der Waals surface area contributed by atoms with E-state index in [-0.39, 0.29) is 4.75 Å². The Kier molecular flexibility index (Phi) is 6.47. The fourth-order valence-electron chi connectivity index (χ4n) is 2.48. The molecule has 1 N–H and O–H groups in total. The Hall–Kier alpha value is -1.08. The van der Waals surface area contributed by atoms with Crippen molar-refractivity contribution in [3.63, 3.8) is 0 Å². The number of nitrogens with zero attached hydrogens (tertiary/aromatic N) is 3. The van der Waals surface area contributed by atoms with Gasteiger partial charge in [0.1, 0.15) is 0 Å². The maximum Gasteiger partial charge on any atom is 0.193 e. The molecule has 1 atom stereocenters. The molecule has 7 heteroatoms. The van der Waals surface area contributed by atoms with Gasteiger partial charge in [-0.15, -0.1) is 11.3 Å². The fourth-order valence-corrected chi connectivity index (χ4v) is 4.17. The predicted octanol–water partition coefficient (Wildman–Crippen LogP) is 1.99. The highest BCUT2D eigenvalue weighted by Crippen LogP contribution is 2.22. The second-order valence-corrected chi connectivity index (χ2v) is 9.81. The molecule has 130 valence electrons. The second-order valence-electron chi connectivity index (χ2n) is 6.56. The van der Waals surface area contributed by atoms with Crippen molar-refractivity contribution in [1.82, 2.24) is 10.2 Å². The number of aliphatic imine (C=N–C) groups is 1. The molecule has 5 nitrogen and oxygen atoms in total. The predicted molar refractivity (Wildman–Crippen MR) is 102 cm³/mol. The Bertz CT molecular complexity index is 529. The molecule has 23 heavy (non-hydrogen) atoms. The van der Waals surface area contributed by atoms with Gasteiger partial charge < -0.3 is 15.1 Å². The van der Waals surface area contributed by atoms with Gasteiger partial charge in [0, 0.05) is 61.1 Å². The third-order valence-electron chi connectivity index (χ3n) is 3.86. The molecule has 1 fully saturated rings. The Morgan fingerprint density at radius 3 is 2.57 bits per heavy atom. The Morgan fingerprint density at radius 1 is 1.35 bits per heavy atom. The Balaban J connectivity index is 1.78. The van der Waals surface area contributed by atoms with E-state index in [1.807, 2.05) is 27.8 Å². The number of piperazine rings is 1. The number of thiophene rings is 1. The maximum atomic E-state index is 12.1. The van der Waals surface area contributed by atoms with E-state index in [0.29, 0.717) is 12.3 Å². The summed E-state index contributed by atoms with van der Waals surface area (Å²) in [6.07, 6.45) is 0. The van der Waals surface area contributed by atoms with Gasteiger partial charge in [-0.3, -0.25) is 9.20 Å². The highest BCUT2D eigenvalue weighted by molar-refractivity contribution is 7.86. The number of hydrogen-bond donors (Lipinski definition) is 1. The van der Waals surface area contributed by atoms with Crippen LogP contribution < -0.4 is 10.2 Å². The van der Waals surface area contributed by atoms with Crippen LogP contribution in [0.5, 0.6) is 0 Å². The van der Waals surface area contributed by atoms with E-state index >= 15 is 0 Å². The molecule has 0 spiro atoms. The molecule has 0 radical (unpaired) electrons. The van der Waals surface area contributed by atoms with Crippen LogP contribution >= 0.6 is 11.3 Å². The summed E-state index contributed by atoms with van der Waals surface area (Å²) in [5.41, 5.74) is 0. The third kappa shape index (κ3) is 5.21. The van der Waals surface area contributed by atoms with Gasteiger partial charge in [-0.05, 0) is 38.3 Å². The zero-order valence-electron chi connectivity index (χ0n) is 14.5. The first kappa shape index (κ1) is 18.3. The zero-order valence-corrected chi connectivity index (χ0v) is 16.2. The van der Waals surface area contributed by atoms with Crippen LogP contribution in [-0.4, -0.2) is 65.3 Å². The minimum atomic E-state index is -0.830. The number of guanidine groups is 1.